The molecular weight excluding hydrogens is 449 g/mol. The standard InChI is InChI=1S/C22H22ClF3N2O4/c1-13-6-8-16(10-14(13)2)27-20(30)12-32-21(31)5-3-4-19(29)28-18-11-15(22(24,25)26)7-9-17(18)23/h6-11H,3-5,12H2,1-2H3,(H,27,30)(H,28,29). The second-order valence-corrected chi connectivity index (χ2v) is 7.51. The van der Waals surface area contributed by atoms with E-state index >= 15 is 0 Å². The van der Waals surface area contributed by atoms with Crippen LogP contribution in [0.1, 0.15) is 36.0 Å². The zero-order valence-electron chi connectivity index (χ0n) is 17.4. The zero-order chi connectivity index (χ0) is 23.9. The Morgan fingerprint density at radius 2 is 1.66 bits per heavy atom. The van der Waals surface area contributed by atoms with Crippen LogP contribution in [0.3, 0.4) is 0 Å². The normalized spacial score (nSPS) is 11.1. The molecule has 0 saturated carbocycles. The van der Waals surface area contributed by atoms with Gasteiger partial charge in [-0.25, -0.2) is 0 Å². The maximum atomic E-state index is 12.8. The number of aryl methyl sites for hydroxylation is 2. The molecule has 0 atom stereocenters. The lowest BCUT2D eigenvalue weighted by molar-refractivity contribution is -0.147. The number of nitrogens with one attached hydrogen (secondary N) is 2. The number of hydrogen-bond donors (Lipinski definition) is 2. The average Bonchev–Trinajstić information content (AvgIpc) is 2.70. The van der Waals surface area contributed by atoms with Crippen molar-refractivity contribution in [2.45, 2.75) is 39.3 Å². The molecule has 0 bridgehead atoms. The van der Waals surface area contributed by atoms with E-state index in [2.05, 4.69) is 10.6 Å². The van der Waals surface area contributed by atoms with Gasteiger partial charge in [0.15, 0.2) is 6.61 Å². The van der Waals surface area contributed by atoms with E-state index in [1.807, 2.05) is 19.9 Å². The fourth-order valence-corrected chi connectivity index (χ4v) is 2.80. The van der Waals surface area contributed by atoms with Gasteiger partial charge in [0.1, 0.15) is 0 Å². The summed E-state index contributed by atoms with van der Waals surface area (Å²) in [6.07, 6.45) is -4.77. The SMILES string of the molecule is Cc1ccc(NC(=O)COC(=O)CCCC(=O)Nc2cc(C(F)(F)F)ccc2Cl)cc1C. The molecule has 10 heteroatoms. The third-order valence-corrected chi connectivity index (χ3v) is 4.84. The molecule has 172 valence electrons. The third kappa shape index (κ3) is 7.88. The summed E-state index contributed by atoms with van der Waals surface area (Å²) in [7, 11) is 0. The van der Waals surface area contributed by atoms with Crippen LogP contribution < -0.4 is 10.6 Å². The summed E-state index contributed by atoms with van der Waals surface area (Å²) < 4.78 is 43.2. The summed E-state index contributed by atoms with van der Waals surface area (Å²) in [4.78, 5) is 35.6. The number of esters is 1. The molecule has 0 aliphatic rings. The summed E-state index contributed by atoms with van der Waals surface area (Å²) in [6, 6.07) is 7.98. The van der Waals surface area contributed by atoms with Crippen molar-refractivity contribution in [3.8, 4) is 0 Å². The second-order valence-electron chi connectivity index (χ2n) is 7.10. The van der Waals surface area contributed by atoms with Crippen LogP contribution in [0.4, 0.5) is 24.5 Å². The van der Waals surface area contributed by atoms with Crippen molar-refractivity contribution >= 4 is 40.8 Å². The van der Waals surface area contributed by atoms with E-state index < -0.39 is 36.1 Å². The minimum absolute atomic E-state index is 0.0412. The van der Waals surface area contributed by atoms with E-state index in [4.69, 9.17) is 16.3 Å². The van der Waals surface area contributed by atoms with Crippen LogP contribution in [-0.2, 0) is 25.3 Å². The molecule has 2 amide bonds. The molecular formula is C22H22ClF3N2O4. The smallest absolute Gasteiger partial charge is 0.416 e. The Morgan fingerprint density at radius 1 is 0.938 bits per heavy atom. The van der Waals surface area contributed by atoms with Crippen molar-refractivity contribution in [2.24, 2.45) is 0 Å². The van der Waals surface area contributed by atoms with Gasteiger partial charge in [-0.1, -0.05) is 17.7 Å². The third-order valence-electron chi connectivity index (χ3n) is 4.51. The van der Waals surface area contributed by atoms with Crippen molar-refractivity contribution in [1.29, 1.82) is 0 Å². The first-order valence-corrected chi connectivity index (χ1v) is 10.0. The number of ether oxygens (including phenoxy) is 1. The first-order valence-electron chi connectivity index (χ1n) is 9.65. The fraction of sp³-hybridized carbons (Fsp3) is 0.318. The number of alkyl halides is 3. The summed E-state index contributed by atoms with van der Waals surface area (Å²) in [6.45, 7) is 3.37. The molecule has 0 aliphatic heterocycles. The Labute approximate surface area is 188 Å². The van der Waals surface area contributed by atoms with Gasteiger partial charge in [-0.15, -0.1) is 0 Å². The van der Waals surface area contributed by atoms with Gasteiger partial charge in [0.05, 0.1) is 16.3 Å². The van der Waals surface area contributed by atoms with Gasteiger partial charge < -0.3 is 15.4 Å². The molecule has 32 heavy (non-hydrogen) atoms. The molecule has 0 radical (unpaired) electrons. The second kappa shape index (κ2) is 11.0. The van der Waals surface area contributed by atoms with Gasteiger partial charge in [0.2, 0.25) is 5.91 Å². The molecule has 0 fully saturated rings. The predicted molar refractivity (Wildman–Crippen MR) is 114 cm³/mol. The van der Waals surface area contributed by atoms with Crippen molar-refractivity contribution in [1.82, 2.24) is 0 Å². The number of carbonyl (C=O) groups excluding carboxylic acids is 3. The Morgan fingerprint density at radius 3 is 2.31 bits per heavy atom. The van der Waals surface area contributed by atoms with Crippen LogP contribution in [-0.4, -0.2) is 24.4 Å². The highest BCUT2D eigenvalue weighted by molar-refractivity contribution is 6.33. The summed E-state index contributed by atoms with van der Waals surface area (Å²) >= 11 is 5.83. The van der Waals surface area contributed by atoms with Crippen molar-refractivity contribution in [2.75, 3.05) is 17.2 Å². The molecule has 0 aliphatic carbocycles. The molecule has 0 heterocycles. The maximum absolute atomic E-state index is 12.8. The lowest BCUT2D eigenvalue weighted by Crippen LogP contribution is -2.21. The van der Waals surface area contributed by atoms with Gasteiger partial charge in [0, 0.05) is 18.5 Å². The topological polar surface area (TPSA) is 84.5 Å². The molecule has 2 aromatic rings. The van der Waals surface area contributed by atoms with E-state index in [-0.39, 0.29) is 30.0 Å². The van der Waals surface area contributed by atoms with E-state index in [0.29, 0.717) is 5.69 Å². The van der Waals surface area contributed by atoms with Crippen LogP contribution in [0.15, 0.2) is 36.4 Å². The van der Waals surface area contributed by atoms with Crippen LogP contribution >= 0.6 is 11.6 Å². The Bertz CT molecular complexity index is 1010. The van der Waals surface area contributed by atoms with Crippen molar-refractivity contribution < 1.29 is 32.3 Å². The fourth-order valence-electron chi connectivity index (χ4n) is 2.64. The Hall–Kier alpha value is -3.07. The monoisotopic (exact) mass is 470 g/mol. The molecule has 2 rings (SSSR count). The van der Waals surface area contributed by atoms with Crippen LogP contribution in [0, 0.1) is 13.8 Å². The van der Waals surface area contributed by atoms with Crippen LogP contribution in [0.5, 0.6) is 0 Å². The van der Waals surface area contributed by atoms with Crippen molar-refractivity contribution in [3.05, 3.63) is 58.1 Å². The Kier molecular flexibility index (Phi) is 8.65. The number of benzene rings is 2. The van der Waals surface area contributed by atoms with Crippen molar-refractivity contribution in [3.63, 3.8) is 0 Å². The van der Waals surface area contributed by atoms with Gasteiger partial charge >= 0.3 is 12.1 Å². The summed E-state index contributed by atoms with van der Waals surface area (Å²) in [5, 5.41) is 4.87. The number of amides is 2. The molecule has 6 nitrogen and oxygen atoms in total. The minimum atomic E-state index is -4.57. The first kappa shape index (κ1) is 25.2. The highest BCUT2D eigenvalue weighted by Crippen LogP contribution is 2.33. The number of halogens is 4. The molecule has 0 spiro atoms. The largest absolute Gasteiger partial charge is 0.456 e. The minimum Gasteiger partial charge on any atom is -0.456 e. The highest BCUT2D eigenvalue weighted by Gasteiger charge is 2.31. The van der Waals surface area contributed by atoms with Crippen LogP contribution in [0.2, 0.25) is 5.02 Å². The molecule has 0 saturated heterocycles. The van der Waals surface area contributed by atoms with E-state index in [1.165, 1.54) is 0 Å². The van der Waals surface area contributed by atoms with E-state index in [0.717, 1.165) is 29.3 Å². The van der Waals surface area contributed by atoms with E-state index in [9.17, 15) is 27.6 Å². The van der Waals surface area contributed by atoms with Gasteiger partial charge in [-0.3, -0.25) is 14.4 Å². The molecule has 0 unspecified atom stereocenters. The lowest BCUT2D eigenvalue weighted by Gasteiger charge is -2.11. The summed E-state index contributed by atoms with van der Waals surface area (Å²) in [5.74, 6) is -1.78. The quantitative estimate of drug-likeness (QED) is 0.515. The zero-order valence-corrected chi connectivity index (χ0v) is 18.2. The maximum Gasteiger partial charge on any atom is 0.416 e. The lowest BCUT2D eigenvalue weighted by atomic mass is 10.1. The predicted octanol–water partition coefficient (Wildman–Crippen LogP) is 5.27. The Balaban J connectivity index is 1.73. The van der Waals surface area contributed by atoms with Gasteiger partial charge in [-0.2, -0.15) is 13.2 Å². The number of anilines is 2. The number of carbonyl (C=O) groups is 3. The number of rotatable bonds is 8. The molecule has 2 N–H and O–H groups in total. The highest BCUT2D eigenvalue weighted by atomic mass is 35.5. The first-order chi connectivity index (χ1) is 15.0. The molecule has 2 aromatic carbocycles. The van der Waals surface area contributed by atoms with E-state index in [1.54, 1.807) is 12.1 Å². The average molecular weight is 471 g/mol. The molecule has 0 aromatic heterocycles. The van der Waals surface area contributed by atoms with Gasteiger partial charge in [0.25, 0.3) is 5.91 Å². The summed E-state index contributed by atoms with van der Waals surface area (Å²) in [5.41, 5.74) is 1.55. The number of hydrogen-bond acceptors (Lipinski definition) is 4. The van der Waals surface area contributed by atoms with Crippen LogP contribution in [0.25, 0.3) is 0 Å². The van der Waals surface area contributed by atoms with Gasteiger partial charge in [-0.05, 0) is 61.7 Å².